The van der Waals surface area contributed by atoms with E-state index < -0.39 is 102 Å². The number of carbonyl (C=O) groups excluding carboxylic acids is 6. The van der Waals surface area contributed by atoms with Gasteiger partial charge in [0.25, 0.3) is 0 Å². The van der Waals surface area contributed by atoms with Crippen molar-refractivity contribution in [2.45, 2.75) is 108 Å². The number of unbranched alkanes of at least 4 members (excludes halogenated alkanes) is 1. The minimum Gasteiger partial charge on any atom is -0.481 e. The third-order valence-electron chi connectivity index (χ3n) is 8.75. The number of hydrogen-bond donors (Lipinski definition) is 11. The van der Waals surface area contributed by atoms with E-state index in [0.29, 0.717) is 25.8 Å². The van der Waals surface area contributed by atoms with Crippen molar-refractivity contribution in [3.63, 3.8) is 0 Å². The molecule has 0 radical (unpaired) electrons. The number of carboxylic acids is 2. The van der Waals surface area contributed by atoms with E-state index >= 15 is 0 Å². The van der Waals surface area contributed by atoms with Gasteiger partial charge in [-0.2, -0.15) is 0 Å². The van der Waals surface area contributed by atoms with Gasteiger partial charge in [0, 0.05) is 24.6 Å². The molecule has 2 heterocycles. The Balaban J connectivity index is 2.53. The fourth-order valence-corrected chi connectivity index (χ4v) is 8.04. The molecule has 2 saturated heterocycles. The lowest BCUT2D eigenvalue weighted by Crippen LogP contribution is -2.60. The summed E-state index contributed by atoms with van der Waals surface area (Å²) >= 11 is 0. The minimum atomic E-state index is -1.71. The fourth-order valence-electron chi connectivity index (χ4n) is 5.77. The SMILES string of the molecule is CC(C)[C@@H]1NC(=O)[C@H]2CCCN2C(=O)[C@H](CCCCN)NC(=O)[C@H](CCCN=C(N)N)NC(=O)[C@H](N)CSSC[C@@H](C(=O)O)NC(=O)[C@H](CC(=O)O)NC1=O. The van der Waals surface area contributed by atoms with Crippen molar-refractivity contribution in [3.8, 4) is 0 Å². The van der Waals surface area contributed by atoms with Gasteiger partial charge in [-0.05, 0) is 57.4 Å². The summed E-state index contributed by atoms with van der Waals surface area (Å²) in [5, 5.41) is 31.8. The van der Waals surface area contributed by atoms with Gasteiger partial charge in [-0.15, -0.1) is 0 Å². The molecule has 2 aliphatic heterocycles. The number of hydrogen-bond acceptors (Lipinski definition) is 13. The van der Waals surface area contributed by atoms with Gasteiger partial charge in [0.05, 0.1) is 12.5 Å². The average Bonchev–Trinajstić information content (AvgIpc) is 3.61. The fraction of sp³-hybridized carbons (Fsp3) is 0.719. The number of nitrogens with zero attached hydrogens (tertiary/aromatic N) is 2. The van der Waals surface area contributed by atoms with Gasteiger partial charge in [0.15, 0.2) is 5.96 Å². The summed E-state index contributed by atoms with van der Waals surface area (Å²) in [6.07, 6.45) is 1.22. The van der Waals surface area contributed by atoms with Gasteiger partial charge in [-0.25, -0.2) is 4.79 Å². The molecule has 0 aliphatic carbocycles. The molecular formula is C32H55N11O10S2. The first-order valence-corrected chi connectivity index (χ1v) is 20.5. The molecule has 2 fully saturated rings. The molecule has 310 valence electrons. The third kappa shape index (κ3) is 15.7. The number of fused-ring (bicyclic) bond motifs is 1. The Morgan fingerprint density at radius 3 is 2.05 bits per heavy atom. The summed E-state index contributed by atoms with van der Waals surface area (Å²) < 4.78 is 0. The maximum absolute atomic E-state index is 14.1. The summed E-state index contributed by atoms with van der Waals surface area (Å²) in [6, 6.07) is -9.05. The van der Waals surface area contributed by atoms with Crippen molar-refractivity contribution in [1.82, 2.24) is 31.5 Å². The molecule has 6 amide bonds. The van der Waals surface area contributed by atoms with Gasteiger partial charge in [0.1, 0.15) is 36.3 Å². The van der Waals surface area contributed by atoms with E-state index in [1.54, 1.807) is 13.8 Å². The van der Waals surface area contributed by atoms with E-state index in [2.05, 4.69) is 31.6 Å². The molecule has 2 aliphatic rings. The zero-order chi connectivity index (χ0) is 41.2. The summed E-state index contributed by atoms with van der Waals surface area (Å²) in [5.74, 6) is -8.60. The number of nitrogens with one attached hydrogen (secondary N) is 5. The molecule has 0 spiro atoms. The van der Waals surface area contributed by atoms with E-state index in [9.17, 15) is 48.6 Å². The Hall–Kier alpha value is -4.35. The highest BCUT2D eigenvalue weighted by molar-refractivity contribution is 8.76. The van der Waals surface area contributed by atoms with Crippen LogP contribution in [0, 0.1) is 5.92 Å². The molecule has 21 nitrogen and oxygen atoms in total. The Bertz CT molecular complexity index is 1420. The summed E-state index contributed by atoms with van der Waals surface area (Å²) in [4.78, 5) is 110. The van der Waals surface area contributed by atoms with Crippen LogP contribution < -0.4 is 49.5 Å². The van der Waals surface area contributed by atoms with Crippen molar-refractivity contribution < 1.29 is 48.6 Å². The van der Waals surface area contributed by atoms with Gasteiger partial charge < -0.3 is 64.6 Å². The van der Waals surface area contributed by atoms with Crippen LogP contribution in [0.5, 0.6) is 0 Å². The second-order valence-electron chi connectivity index (χ2n) is 13.5. The average molecular weight is 818 g/mol. The van der Waals surface area contributed by atoms with Crippen molar-refractivity contribution >= 4 is 74.9 Å². The lowest BCUT2D eigenvalue weighted by molar-refractivity contribution is -0.144. The van der Waals surface area contributed by atoms with Crippen molar-refractivity contribution in [2.75, 3.05) is 31.1 Å². The van der Waals surface area contributed by atoms with Crippen molar-refractivity contribution in [1.29, 1.82) is 0 Å². The van der Waals surface area contributed by atoms with E-state index in [1.807, 2.05) is 0 Å². The third-order valence-corrected chi connectivity index (χ3v) is 11.2. The number of guanidine groups is 1. The first-order valence-electron chi connectivity index (χ1n) is 18.0. The molecule has 55 heavy (non-hydrogen) atoms. The molecule has 0 aromatic rings. The Kier molecular flexibility index (Phi) is 20.0. The first kappa shape index (κ1) is 46.8. The maximum Gasteiger partial charge on any atom is 0.327 e. The van der Waals surface area contributed by atoms with Crippen molar-refractivity contribution in [3.05, 3.63) is 0 Å². The predicted octanol–water partition coefficient (Wildman–Crippen LogP) is -3.48. The van der Waals surface area contributed by atoms with Crippen LogP contribution in [-0.2, 0) is 38.4 Å². The number of carboxylic acid groups (broad SMARTS) is 2. The summed E-state index contributed by atoms with van der Waals surface area (Å²) in [5.41, 5.74) is 22.7. The molecule has 2 rings (SSSR count). The number of amides is 6. The second-order valence-corrected chi connectivity index (χ2v) is 16.1. The topological polar surface area (TPSA) is 357 Å². The second kappa shape index (κ2) is 23.5. The van der Waals surface area contributed by atoms with Gasteiger partial charge in [-0.3, -0.25) is 38.6 Å². The number of rotatable bonds is 12. The highest BCUT2D eigenvalue weighted by atomic mass is 33.1. The molecule has 23 heteroatoms. The Morgan fingerprint density at radius 1 is 0.818 bits per heavy atom. The van der Waals surface area contributed by atoms with Gasteiger partial charge in [0.2, 0.25) is 35.4 Å². The number of aliphatic carboxylic acids is 2. The zero-order valence-electron chi connectivity index (χ0n) is 31.0. The largest absolute Gasteiger partial charge is 0.481 e. The van der Waals surface area contributed by atoms with E-state index in [1.165, 1.54) is 4.90 Å². The Morgan fingerprint density at radius 2 is 1.44 bits per heavy atom. The van der Waals surface area contributed by atoms with Gasteiger partial charge in [-0.1, -0.05) is 35.4 Å². The molecule has 15 N–H and O–H groups in total. The normalized spacial score (nSPS) is 26.9. The smallest absolute Gasteiger partial charge is 0.327 e. The Labute approximate surface area is 326 Å². The van der Waals surface area contributed by atoms with Crippen LogP contribution in [0.3, 0.4) is 0 Å². The molecule has 0 aromatic carbocycles. The van der Waals surface area contributed by atoms with Crippen LogP contribution in [-0.4, -0.2) is 142 Å². The van der Waals surface area contributed by atoms with E-state index in [-0.39, 0.29) is 56.2 Å². The standard InChI is InChI=1S/C32H55N11O10S2/c1-16(2)24-29(50)40-20(13-23(44)45)27(48)41-21(31(52)53)15-55-54-14-17(34)25(46)38-18(8-5-11-37-32(35)36)26(47)39-19(7-3-4-10-33)30(51)43-12-6-9-22(43)28(49)42-24/h16-22,24H,3-15,33-34H2,1-2H3,(H,38,46)(H,39,47)(H,40,50)(H,41,48)(H,42,49)(H,44,45)(H,52,53)(H4,35,36,37)/t17-,18+,19+,20+,21+,22-,24+/m1/s1. The summed E-state index contributed by atoms with van der Waals surface area (Å²) in [6.45, 7) is 3.84. The minimum absolute atomic E-state index is 0.0506. The van der Waals surface area contributed by atoms with E-state index in [4.69, 9.17) is 22.9 Å². The molecule has 0 aromatic heterocycles. The van der Waals surface area contributed by atoms with Gasteiger partial charge >= 0.3 is 11.9 Å². The lowest BCUT2D eigenvalue weighted by Gasteiger charge is -2.31. The first-order chi connectivity index (χ1) is 26.0. The maximum atomic E-state index is 14.1. The monoisotopic (exact) mass is 817 g/mol. The van der Waals surface area contributed by atoms with Crippen LogP contribution >= 0.6 is 21.6 Å². The highest BCUT2D eigenvalue weighted by Gasteiger charge is 2.40. The molecule has 0 saturated carbocycles. The van der Waals surface area contributed by atoms with Crippen molar-refractivity contribution in [2.24, 2.45) is 33.8 Å². The summed E-state index contributed by atoms with van der Waals surface area (Å²) in [7, 11) is 1.97. The lowest BCUT2D eigenvalue weighted by atomic mass is 10.0. The van der Waals surface area contributed by atoms with Crippen LogP contribution in [0.15, 0.2) is 4.99 Å². The zero-order valence-corrected chi connectivity index (χ0v) is 32.6. The highest BCUT2D eigenvalue weighted by Crippen LogP contribution is 2.24. The van der Waals surface area contributed by atoms with Crippen LogP contribution in [0.4, 0.5) is 0 Å². The van der Waals surface area contributed by atoms with E-state index in [0.717, 1.165) is 21.6 Å². The molecular weight excluding hydrogens is 763 g/mol. The number of aliphatic imine (C=N–C) groups is 1. The molecule has 0 unspecified atom stereocenters. The number of nitrogens with two attached hydrogens (primary N) is 4. The van der Waals surface area contributed by atoms with Crippen LogP contribution in [0.2, 0.25) is 0 Å². The van der Waals surface area contributed by atoms with Crippen LogP contribution in [0.25, 0.3) is 0 Å². The molecule has 7 atom stereocenters. The predicted molar refractivity (Wildman–Crippen MR) is 205 cm³/mol. The van der Waals surface area contributed by atoms with Crippen LogP contribution in [0.1, 0.15) is 65.2 Å². The quantitative estimate of drug-likeness (QED) is 0.0394. The molecule has 0 bridgehead atoms. The number of carbonyl (C=O) groups is 8.